The molecule has 142 valence electrons. The zero-order chi connectivity index (χ0) is 19.3. The second-order valence-electron chi connectivity index (χ2n) is 6.72. The number of carbonyl (C=O) groups excluding carboxylic acids is 1. The van der Waals surface area contributed by atoms with Gasteiger partial charge in [0.2, 0.25) is 0 Å². The molecule has 0 radical (unpaired) electrons. The third-order valence-corrected chi connectivity index (χ3v) is 4.16. The Balaban J connectivity index is 1.67. The second-order valence-corrected chi connectivity index (χ2v) is 7.67. The first-order chi connectivity index (χ1) is 12.9. The third kappa shape index (κ3) is 5.52. The van der Waals surface area contributed by atoms with Crippen molar-refractivity contribution in [3.05, 3.63) is 42.0 Å². The van der Waals surface area contributed by atoms with Gasteiger partial charge in [0.05, 0.1) is 4.88 Å². The van der Waals surface area contributed by atoms with Crippen molar-refractivity contribution in [1.82, 2.24) is 25.1 Å². The zero-order valence-electron chi connectivity index (χ0n) is 15.5. The van der Waals surface area contributed by atoms with Crippen LogP contribution in [-0.4, -0.2) is 44.5 Å². The monoisotopic (exact) mass is 386 g/mol. The van der Waals surface area contributed by atoms with Gasteiger partial charge in [-0.25, -0.2) is 19.4 Å². The summed E-state index contributed by atoms with van der Waals surface area (Å²) >= 11 is 1.57. The molecule has 3 rings (SSSR count). The largest absolute Gasteiger partial charge is 0.444 e. The number of amides is 1. The molecule has 0 spiro atoms. The molecule has 8 nitrogen and oxygen atoms in total. The maximum absolute atomic E-state index is 11.7. The minimum atomic E-state index is -0.515. The van der Waals surface area contributed by atoms with Crippen LogP contribution in [0.4, 0.5) is 10.6 Å². The van der Waals surface area contributed by atoms with Crippen LogP contribution in [0.1, 0.15) is 20.8 Å². The fraction of sp³-hybridized carbons (Fsp3) is 0.333. The van der Waals surface area contributed by atoms with Crippen LogP contribution < -0.4 is 10.6 Å². The number of anilines is 1. The van der Waals surface area contributed by atoms with Gasteiger partial charge in [0.1, 0.15) is 11.4 Å². The average Bonchev–Trinajstić information content (AvgIpc) is 3.30. The number of hydrogen-bond acceptors (Lipinski definition) is 7. The van der Waals surface area contributed by atoms with Gasteiger partial charge < -0.3 is 15.4 Å². The van der Waals surface area contributed by atoms with Crippen LogP contribution in [0.15, 0.2) is 42.0 Å². The summed E-state index contributed by atoms with van der Waals surface area (Å²) in [7, 11) is 0. The molecule has 0 aromatic carbocycles. The van der Waals surface area contributed by atoms with Crippen LogP contribution in [0.5, 0.6) is 0 Å². The van der Waals surface area contributed by atoms with E-state index in [2.05, 4.69) is 25.7 Å². The molecule has 9 heteroatoms. The predicted molar refractivity (Wildman–Crippen MR) is 105 cm³/mol. The Kier molecular flexibility index (Phi) is 5.70. The van der Waals surface area contributed by atoms with Crippen molar-refractivity contribution >= 4 is 23.2 Å². The summed E-state index contributed by atoms with van der Waals surface area (Å²) in [5.41, 5.74) is -0.515. The zero-order valence-corrected chi connectivity index (χ0v) is 16.3. The van der Waals surface area contributed by atoms with Gasteiger partial charge in [-0.1, -0.05) is 6.07 Å². The summed E-state index contributed by atoms with van der Waals surface area (Å²) in [5.74, 6) is 1.95. The Morgan fingerprint density at radius 3 is 2.78 bits per heavy atom. The number of nitrogens with zero attached hydrogens (tertiary/aromatic N) is 4. The van der Waals surface area contributed by atoms with E-state index in [0.717, 1.165) is 4.88 Å². The highest BCUT2D eigenvalue weighted by atomic mass is 32.1. The van der Waals surface area contributed by atoms with Crippen molar-refractivity contribution < 1.29 is 9.53 Å². The quantitative estimate of drug-likeness (QED) is 0.631. The first-order valence-electron chi connectivity index (χ1n) is 8.54. The van der Waals surface area contributed by atoms with Crippen LogP contribution in [0.2, 0.25) is 0 Å². The molecule has 0 unspecified atom stereocenters. The number of nitrogens with one attached hydrogen (secondary N) is 2. The highest BCUT2D eigenvalue weighted by Crippen LogP contribution is 2.23. The van der Waals surface area contributed by atoms with Crippen molar-refractivity contribution in [3.63, 3.8) is 0 Å². The minimum absolute atomic E-state index is 0.407. The fourth-order valence-electron chi connectivity index (χ4n) is 2.23. The van der Waals surface area contributed by atoms with Crippen LogP contribution in [0.3, 0.4) is 0 Å². The van der Waals surface area contributed by atoms with Gasteiger partial charge in [-0.15, -0.1) is 11.3 Å². The molecule has 1 amide bonds. The molecule has 27 heavy (non-hydrogen) atoms. The molecule has 0 bridgehead atoms. The Labute approximate surface area is 161 Å². The Morgan fingerprint density at radius 2 is 2.11 bits per heavy atom. The van der Waals surface area contributed by atoms with Crippen molar-refractivity contribution in [2.24, 2.45) is 0 Å². The van der Waals surface area contributed by atoms with E-state index in [9.17, 15) is 4.79 Å². The van der Waals surface area contributed by atoms with Crippen molar-refractivity contribution in [2.45, 2.75) is 26.4 Å². The first kappa shape index (κ1) is 18.8. The highest BCUT2D eigenvalue weighted by Gasteiger charge is 2.15. The SMILES string of the molecule is CC(C)(C)OC(=O)NCCNc1cc(-n2cccn2)nc(-c2cccs2)n1. The maximum Gasteiger partial charge on any atom is 0.407 e. The molecule has 3 aromatic heterocycles. The van der Waals surface area contributed by atoms with E-state index in [1.165, 1.54) is 0 Å². The number of thiophene rings is 1. The summed E-state index contributed by atoms with van der Waals surface area (Å²) in [5, 5.41) is 12.1. The van der Waals surface area contributed by atoms with E-state index in [4.69, 9.17) is 4.74 Å². The van der Waals surface area contributed by atoms with Gasteiger partial charge >= 0.3 is 6.09 Å². The van der Waals surface area contributed by atoms with Crippen LogP contribution >= 0.6 is 11.3 Å². The molecule has 0 saturated heterocycles. The molecule has 2 N–H and O–H groups in total. The van der Waals surface area contributed by atoms with E-state index in [-0.39, 0.29) is 0 Å². The molecular weight excluding hydrogens is 364 g/mol. The number of aromatic nitrogens is 4. The smallest absolute Gasteiger partial charge is 0.407 e. The summed E-state index contributed by atoms with van der Waals surface area (Å²) in [6.07, 6.45) is 3.09. The molecule has 0 aliphatic carbocycles. The first-order valence-corrected chi connectivity index (χ1v) is 9.42. The van der Waals surface area contributed by atoms with Gasteiger partial charge in [-0.05, 0) is 38.3 Å². The van der Waals surface area contributed by atoms with Crippen molar-refractivity contribution in [1.29, 1.82) is 0 Å². The number of rotatable bonds is 6. The summed E-state index contributed by atoms with van der Waals surface area (Å²) in [6.45, 7) is 6.39. The van der Waals surface area contributed by atoms with Gasteiger partial charge in [0.25, 0.3) is 0 Å². The Hall–Kier alpha value is -2.94. The number of alkyl carbamates (subject to hydrolysis) is 1. The lowest BCUT2D eigenvalue weighted by atomic mass is 10.2. The lowest BCUT2D eigenvalue weighted by molar-refractivity contribution is 0.0530. The molecule has 3 aromatic rings. The Bertz CT molecular complexity index is 819. The molecule has 0 aliphatic heterocycles. The van der Waals surface area contributed by atoms with Gasteiger partial charge in [0.15, 0.2) is 11.6 Å². The minimum Gasteiger partial charge on any atom is -0.444 e. The van der Waals surface area contributed by atoms with E-state index < -0.39 is 11.7 Å². The van der Waals surface area contributed by atoms with Gasteiger partial charge in [-0.3, -0.25) is 0 Å². The number of hydrogen-bond donors (Lipinski definition) is 2. The number of carbonyl (C=O) groups is 1. The molecule has 0 aliphatic rings. The van der Waals surface area contributed by atoms with Crippen molar-refractivity contribution in [2.75, 3.05) is 18.4 Å². The lowest BCUT2D eigenvalue weighted by Gasteiger charge is -2.19. The summed E-state index contributed by atoms with van der Waals surface area (Å²) in [6, 6.07) is 7.59. The summed E-state index contributed by atoms with van der Waals surface area (Å²) < 4.78 is 6.90. The van der Waals surface area contributed by atoms with Gasteiger partial charge in [-0.2, -0.15) is 5.10 Å². The third-order valence-electron chi connectivity index (χ3n) is 3.29. The predicted octanol–water partition coefficient (Wildman–Crippen LogP) is 3.33. The lowest BCUT2D eigenvalue weighted by Crippen LogP contribution is -2.35. The normalized spacial score (nSPS) is 11.2. The van der Waals surface area contributed by atoms with Crippen molar-refractivity contribution in [3.8, 4) is 16.5 Å². The highest BCUT2D eigenvalue weighted by molar-refractivity contribution is 7.13. The Morgan fingerprint density at radius 1 is 1.26 bits per heavy atom. The van der Waals surface area contributed by atoms with Crippen LogP contribution in [-0.2, 0) is 4.74 Å². The van der Waals surface area contributed by atoms with E-state index in [1.54, 1.807) is 22.2 Å². The summed E-state index contributed by atoms with van der Waals surface area (Å²) in [4.78, 5) is 21.8. The fourth-order valence-corrected chi connectivity index (χ4v) is 2.89. The molecule has 3 heterocycles. The van der Waals surface area contributed by atoms with E-state index in [1.807, 2.05) is 56.6 Å². The average molecular weight is 386 g/mol. The van der Waals surface area contributed by atoms with Crippen LogP contribution in [0.25, 0.3) is 16.5 Å². The second kappa shape index (κ2) is 8.17. The molecule has 0 saturated carbocycles. The standard InChI is InChI=1S/C18H22N6O2S/c1-18(2,3)26-17(25)20-9-8-19-14-12-15(24-10-5-7-21-24)23-16(22-14)13-6-4-11-27-13/h4-7,10-12H,8-9H2,1-3H3,(H,20,25)(H,19,22,23). The maximum atomic E-state index is 11.7. The molecule has 0 atom stereocenters. The van der Waals surface area contributed by atoms with E-state index in [0.29, 0.717) is 30.5 Å². The molecular formula is C18H22N6O2S. The number of ether oxygens (including phenoxy) is 1. The van der Waals surface area contributed by atoms with Crippen LogP contribution in [0, 0.1) is 0 Å². The van der Waals surface area contributed by atoms with E-state index >= 15 is 0 Å². The van der Waals surface area contributed by atoms with Gasteiger partial charge in [0, 0.05) is 31.5 Å². The topological polar surface area (TPSA) is 94.0 Å². The molecule has 0 fully saturated rings.